The summed E-state index contributed by atoms with van der Waals surface area (Å²) >= 11 is 3.16. The lowest BCUT2D eigenvalue weighted by molar-refractivity contribution is 0.595. The first-order chi connectivity index (χ1) is 8.90. The Bertz CT molecular complexity index is 722. The van der Waals surface area contributed by atoms with Gasteiger partial charge in [0, 0.05) is 6.20 Å². The van der Waals surface area contributed by atoms with Gasteiger partial charge in [-0.15, -0.1) is 0 Å². The van der Waals surface area contributed by atoms with E-state index in [9.17, 15) is 12.8 Å². The number of pyridine rings is 1. The smallest absolute Gasteiger partial charge is 0.265 e. The van der Waals surface area contributed by atoms with Crippen molar-refractivity contribution < 1.29 is 12.8 Å². The maximum Gasteiger partial charge on any atom is 0.265 e. The van der Waals surface area contributed by atoms with E-state index in [-0.39, 0.29) is 16.4 Å². The molecular weight excluding hydrogens is 337 g/mol. The molecule has 19 heavy (non-hydrogen) atoms. The third kappa shape index (κ3) is 3.02. The Morgan fingerprint density at radius 2 is 2.05 bits per heavy atom. The molecule has 0 saturated carbocycles. The summed E-state index contributed by atoms with van der Waals surface area (Å²) in [5.41, 5.74) is 5.51. The van der Waals surface area contributed by atoms with Crippen molar-refractivity contribution in [2.45, 2.75) is 4.90 Å². The molecular formula is C11H9BrFN3O2S. The van der Waals surface area contributed by atoms with Crippen LogP contribution in [0.15, 0.2) is 45.9 Å². The van der Waals surface area contributed by atoms with E-state index in [0.717, 1.165) is 12.1 Å². The van der Waals surface area contributed by atoms with E-state index in [0.29, 0.717) is 4.47 Å². The normalized spacial score (nSPS) is 11.3. The van der Waals surface area contributed by atoms with Crippen LogP contribution < -0.4 is 10.5 Å². The highest BCUT2D eigenvalue weighted by Crippen LogP contribution is 2.25. The van der Waals surface area contributed by atoms with E-state index in [2.05, 4.69) is 25.6 Å². The molecule has 0 amide bonds. The molecule has 5 nitrogen and oxygen atoms in total. The molecule has 0 aliphatic heterocycles. The van der Waals surface area contributed by atoms with Gasteiger partial charge in [0.25, 0.3) is 10.0 Å². The summed E-state index contributed by atoms with van der Waals surface area (Å²) < 4.78 is 40.0. The van der Waals surface area contributed by atoms with E-state index in [1.54, 1.807) is 12.1 Å². The van der Waals surface area contributed by atoms with Crippen molar-refractivity contribution in [3.8, 4) is 0 Å². The zero-order valence-electron chi connectivity index (χ0n) is 9.47. The van der Waals surface area contributed by atoms with Crippen LogP contribution in [0.25, 0.3) is 0 Å². The number of nitrogen functional groups attached to an aromatic ring is 1. The Kier molecular flexibility index (Phi) is 3.72. The Morgan fingerprint density at radius 1 is 1.32 bits per heavy atom. The van der Waals surface area contributed by atoms with Gasteiger partial charge in [0.05, 0.1) is 10.2 Å². The molecule has 0 aliphatic carbocycles. The molecule has 1 aromatic heterocycles. The van der Waals surface area contributed by atoms with Gasteiger partial charge in [-0.3, -0.25) is 4.72 Å². The first kappa shape index (κ1) is 13.8. The molecule has 3 N–H and O–H groups in total. The summed E-state index contributed by atoms with van der Waals surface area (Å²) in [6.45, 7) is 0. The first-order valence-corrected chi connectivity index (χ1v) is 7.36. The molecule has 0 unspecified atom stereocenters. The molecule has 2 rings (SSSR count). The fraction of sp³-hybridized carbons (Fsp3) is 0. The Labute approximate surface area is 117 Å². The van der Waals surface area contributed by atoms with Crippen LogP contribution in [0.4, 0.5) is 15.9 Å². The summed E-state index contributed by atoms with van der Waals surface area (Å²) in [7, 11) is -4.00. The zero-order chi connectivity index (χ0) is 14.0. The lowest BCUT2D eigenvalue weighted by Gasteiger charge is -2.10. The van der Waals surface area contributed by atoms with Crippen molar-refractivity contribution in [2.75, 3.05) is 10.5 Å². The first-order valence-electron chi connectivity index (χ1n) is 5.08. The van der Waals surface area contributed by atoms with Gasteiger partial charge in [-0.05, 0) is 46.3 Å². The molecule has 0 saturated heterocycles. The lowest BCUT2D eigenvalue weighted by Crippen LogP contribution is -2.16. The van der Waals surface area contributed by atoms with E-state index >= 15 is 0 Å². The standard InChI is InChI=1S/C11H9BrFN3O2S/c12-8-2-1-5-15-11(8)16-19(17,18)10-6-7(13)3-4-9(10)14/h1-6H,14H2,(H,15,16). The number of hydrogen-bond acceptors (Lipinski definition) is 4. The Hall–Kier alpha value is -1.67. The topological polar surface area (TPSA) is 85.1 Å². The number of aromatic nitrogens is 1. The maximum absolute atomic E-state index is 13.1. The second kappa shape index (κ2) is 5.14. The van der Waals surface area contributed by atoms with Crippen LogP contribution in [0.2, 0.25) is 0 Å². The molecule has 0 aliphatic rings. The summed E-state index contributed by atoms with van der Waals surface area (Å²) in [6.07, 6.45) is 1.43. The number of rotatable bonds is 3. The number of nitrogens with one attached hydrogen (secondary N) is 1. The predicted molar refractivity (Wildman–Crippen MR) is 73.6 cm³/mol. The Balaban J connectivity index is 2.44. The summed E-state index contributed by atoms with van der Waals surface area (Å²) in [4.78, 5) is 3.54. The lowest BCUT2D eigenvalue weighted by atomic mass is 10.3. The van der Waals surface area contributed by atoms with E-state index in [1.165, 1.54) is 12.3 Å². The minimum Gasteiger partial charge on any atom is -0.398 e. The maximum atomic E-state index is 13.1. The molecule has 0 bridgehead atoms. The van der Waals surface area contributed by atoms with Crippen molar-refractivity contribution in [3.05, 3.63) is 46.8 Å². The number of sulfonamides is 1. The highest BCUT2D eigenvalue weighted by molar-refractivity contribution is 9.10. The Morgan fingerprint density at radius 3 is 2.74 bits per heavy atom. The number of hydrogen-bond donors (Lipinski definition) is 2. The predicted octanol–water partition coefficient (Wildman–Crippen LogP) is 2.37. The molecule has 0 atom stereocenters. The van der Waals surface area contributed by atoms with E-state index in [4.69, 9.17) is 5.73 Å². The van der Waals surface area contributed by atoms with Crippen LogP contribution in [0, 0.1) is 5.82 Å². The molecule has 0 radical (unpaired) electrons. The summed E-state index contributed by atoms with van der Waals surface area (Å²) in [5.74, 6) is -0.583. The minimum absolute atomic E-state index is 0.0408. The van der Waals surface area contributed by atoms with Crippen LogP contribution in [-0.2, 0) is 10.0 Å². The van der Waals surface area contributed by atoms with Crippen LogP contribution in [0.1, 0.15) is 0 Å². The van der Waals surface area contributed by atoms with Crippen molar-refractivity contribution in [1.82, 2.24) is 4.98 Å². The van der Waals surface area contributed by atoms with E-state index in [1.807, 2.05) is 0 Å². The third-order valence-corrected chi connectivity index (χ3v) is 4.29. The van der Waals surface area contributed by atoms with Gasteiger partial charge < -0.3 is 5.73 Å². The molecule has 8 heteroatoms. The molecule has 1 heterocycles. The zero-order valence-corrected chi connectivity index (χ0v) is 11.9. The number of halogens is 2. The quantitative estimate of drug-likeness (QED) is 0.836. The van der Waals surface area contributed by atoms with Crippen LogP contribution in [-0.4, -0.2) is 13.4 Å². The van der Waals surface area contributed by atoms with Crippen LogP contribution in [0.3, 0.4) is 0 Å². The SMILES string of the molecule is Nc1ccc(F)cc1S(=O)(=O)Nc1ncccc1Br. The van der Waals surface area contributed by atoms with Crippen LogP contribution >= 0.6 is 15.9 Å². The second-order valence-corrected chi connectivity index (χ2v) is 6.13. The van der Waals surface area contributed by atoms with Gasteiger partial charge in [0.15, 0.2) is 5.82 Å². The van der Waals surface area contributed by atoms with E-state index < -0.39 is 15.8 Å². The van der Waals surface area contributed by atoms with Gasteiger partial charge in [-0.1, -0.05) is 0 Å². The van der Waals surface area contributed by atoms with Crippen molar-refractivity contribution in [3.63, 3.8) is 0 Å². The fourth-order valence-electron chi connectivity index (χ4n) is 1.38. The highest BCUT2D eigenvalue weighted by atomic mass is 79.9. The van der Waals surface area contributed by atoms with Crippen molar-refractivity contribution in [2.24, 2.45) is 0 Å². The van der Waals surface area contributed by atoms with Gasteiger partial charge >= 0.3 is 0 Å². The summed E-state index contributed by atoms with van der Waals surface area (Å²) in [5, 5.41) is 0. The number of anilines is 2. The van der Waals surface area contributed by atoms with Gasteiger partial charge in [0.2, 0.25) is 0 Å². The monoisotopic (exact) mass is 345 g/mol. The summed E-state index contributed by atoms with van der Waals surface area (Å²) in [6, 6.07) is 6.40. The number of nitrogens with zero attached hydrogens (tertiary/aromatic N) is 1. The third-order valence-electron chi connectivity index (χ3n) is 2.25. The van der Waals surface area contributed by atoms with Crippen LogP contribution in [0.5, 0.6) is 0 Å². The molecule has 2 aromatic rings. The molecule has 0 spiro atoms. The largest absolute Gasteiger partial charge is 0.398 e. The average Bonchev–Trinajstić information content (AvgIpc) is 2.35. The highest BCUT2D eigenvalue weighted by Gasteiger charge is 2.20. The van der Waals surface area contributed by atoms with Crippen molar-refractivity contribution >= 4 is 37.5 Å². The number of nitrogens with two attached hydrogens (primary N) is 1. The minimum atomic E-state index is -4.00. The fourth-order valence-corrected chi connectivity index (χ4v) is 3.04. The van der Waals surface area contributed by atoms with Gasteiger partial charge in [0.1, 0.15) is 10.7 Å². The van der Waals surface area contributed by atoms with Gasteiger partial charge in [-0.25, -0.2) is 17.8 Å². The second-order valence-electron chi connectivity index (χ2n) is 3.62. The van der Waals surface area contributed by atoms with Crippen molar-refractivity contribution in [1.29, 1.82) is 0 Å². The molecule has 1 aromatic carbocycles. The average molecular weight is 346 g/mol. The molecule has 100 valence electrons. The van der Waals surface area contributed by atoms with Gasteiger partial charge in [-0.2, -0.15) is 0 Å². The molecule has 0 fully saturated rings. The number of benzene rings is 1.